The Bertz CT molecular complexity index is 969. The minimum atomic E-state index is -0.386. The van der Waals surface area contributed by atoms with Gasteiger partial charge in [0.2, 0.25) is 0 Å². The molecule has 0 radical (unpaired) electrons. The van der Waals surface area contributed by atoms with E-state index in [1.807, 2.05) is 54.7 Å². The molecule has 1 amide bonds. The van der Waals surface area contributed by atoms with Crippen LogP contribution in [0, 0.1) is 11.3 Å². The number of carbonyl (C=O) groups excluding carboxylic acids is 1. The second-order valence-corrected chi connectivity index (χ2v) is 6.67. The molecular formula is C23H24N4O2. The van der Waals surface area contributed by atoms with Gasteiger partial charge in [0.25, 0.3) is 0 Å². The molecular weight excluding hydrogens is 364 g/mol. The molecule has 0 aliphatic carbocycles. The van der Waals surface area contributed by atoms with Crippen molar-refractivity contribution in [3.05, 3.63) is 66.1 Å². The highest BCUT2D eigenvalue weighted by Crippen LogP contribution is 2.24. The van der Waals surface area contributed by atoms with Crippen LogP contribution in [-0.4, -0.2) is 29.2 Å². The number of nitrogens with zero attached hydrogens (tertiary/aromatic N) is 2. The Kier molecular flexibility index (Phi) is 7.01. The summed E-state index contributed by atoms with van der Waals surface area (Å²) in [6, 6.07) is 17.8. The number of rotatable bonds is 8. The Hall–Kier alpha value is -3.59. The van der Waals surface area contributed by atoms with E-state index in [-0.39, 0.29) is 6.09 Å². The van der Waals surface area contributed by atoms with E-state index in [1.165, 1.54) is 0 Å². The van der Waals surface area contributed by atoms with Crippen LogP contribution in [0.1, 0.15) is 31.2 Å². The van der Waals surface area contributed by atoms with Gasteiger partial charge >= 0.3 is 6.09 Å². The van der Waals surface area contributed by atoms with E-state index in [0.29, 0.717) is 25.1 Å². The van der Waals surface area contributed by atoms with E-state index in [9.17, 15) is 4.79 Å². The number of nitriles is 1. The summed E-state index contributed by atoms with van der Waals surface area (Å²) in [6.07, 6.45) is 3.96. The number of aromatic nitrogens is 2. The van der Waals surface area contributed by atoms with Gasteiger partial charge in [0.15, 0.2) is 0 Å². The van der Waals surface area contributed by atoms with Gasteiger partial charge in [-0.3, -0.25) is 0 Å². The molecule has 0 aliphatic rings. The maximum atomic E-state index is 11.5. The SMILES string of the molecule is CCCCOC(=O)NCCc1nc(-c2ccc(-c3ccc(C#N)cc3)cc2)c[nH]1. The van der Waals surface area contributed by atoms with Crippen molar-refractivity contribution in [3.8, 4) is 28.5 Å². The zero-order valence-corrected chi connectivity index (χ0v) is 16.4. The highest BCUT2D eigenvalue weighted by atomic mass is 16.5. The Labute approximate surface area is 170 Å². The molecule has 3 rings (SSSR count). The number of hydrogen-bond donors (Lipinski definition) is 2. The van der Waals surface area contributed by atoms with Crippen LogP contribution in [0.2, 0.25) is 0 Å². The Balaban J connectivity index is 1.54. The first-order valence-corrected chi connectivity index (χ1v) is 9.75. The van der Waals surface area contributed by atoms with Gasteiger partial charge in [-0.1, -0.05) is 49.7 Å². The number of benzene rings is 2. The fourth-order valence-corrected chi connectivity index (χ4v) is 2.85. The van der Waals surface area contributed by atoms with Crippen molar-refractivity contribution < 1.29 is 9.53 Å². The van der Waals surface area contributed by atoms with E-state index in [1.54, 1.807) is 0 Å². The second-order valence-electron chi connectivity index (χ2n) is 6.67. The van der Waals surface area contributed by atoms with E-state index >= 15 is 0 Å². The van der Waals surface area contributed by atoms with Gasteiger partial charge < -0.3 is 15.0 Å². The highest BCUT2D eigenvalue weighted by molar-refractivity contribution is 5.69. The number of imidazole rings is 1. The molecule has 0 fully saturated rings. The molecule has 29 heavy (non-hydrogen) atoms. The lowest BCUT2D eigenvalue weighted by molar-refractivity contribution is 0.144. The summed E-state index contributed by atoms with van der Waals surface area (Å²) >= 11 is 0. The monoisotopic (exact) mass is 388 g/mol. The molecule has 0 saturated carbocycles. The molecule has 148 valence electrons. The first kappa shape index (κ1) is 20.2. The quantitative estimate of drug-likeness (QED) is 0.548. The smallest absolute Gasteiger partial charge is 0.407 e. The number of nitrogens with one attached hydrogen (secondary N) is 2. The molecule has 2 N–H and O–H groups in total. The summed E-state index contributed by atoms with van der Waals surface area (Å²) < 4.78 is 5.06. The van der Waals surface area contributed by atoms with Crippen LogP contribution in [-0.2, 0) is 11.2 Å². The standard InChI is InChI=1S/C23H24N4O2/c1-2-3-14-29-23(28)25-13-12-22-26-16-21(27-22)20-10-8-19(9-11-20)18-6-4-17(15-24)5-7-18/h4-11,16H,2-3,12-14H2,1H3,(H,25,28)(H,26,27). The molecule has 0 unspecified atom stereocenters. The molecule has 0 bridgehead atoms. The molecule has 3 aromatic rings. The van der Waals surface area contributed by atoms with Crippen LogP contribution >= 0.6 is 0 Å². The van der Waals surface area contributed by atoms with E-state index in [4.69, 9.17) is 10.00 Å². The lowest BCUT2D eigenvalue weighted by Crippen LogP contribution is -2.27. The van der Waals surface area contributed by atoms with Gasteiger partial charge in [-0.15, -0.1) is 0 Å². The number of unbranched alkanes of at least 4 members (excludes halogenated alkanes) is 1. The topological polar surface area (TPSA) is 90.8 Å². The fraction of sp³-hybridized carbons (Fsp3) is 0.261. The maximum absolute atomic E-state index is 11.5. The summed E-state index contributed by atoms with van der Waals surface area (Å²) in [5, 5.41) is 11.6. The molecule has 0 saturated heterocycles. The molecule has 0 aliphatic heterocycles. The normalized spacial score (nSPS) is 10.3. The molecule has 1 aromatic heterocycles. The summed E-state index contributed by atoms with van der Waals surface area (Å²) in [6.45, 7) is 2.97. The second kappa shape index (κ2) is 10.1. The largest absolute Gasteiger partial charge is 0.450 e. The van der Waals surface area contributed by atoms with E-state index in [0.717, 1.165) is 41.1 Å². The predicted molar refractivity (Wildman–Crippen MR) is 112 cm³/mol. The molecule has 6 heteroatoms. The summed E-state index contributed by atoms with van der Waals surface area (Å²) in [5.74, 6) is 0.810. The van der Waals surface area contributed by atoms with Gasteiger partial charge in [-0.05, 0) is 29.7 Å². The number of aromatic amines is 1. The van der Waals surface area contributed by atoms with Crippen LogP contribution < -0.4 is 5.32 Å². The van der Waals surface area contributed by atoms with Gasteiger partial charge in [0.05, 0.1) is 23.9 Å². The zero-order chi connectivity index (χ0) is 20.5. The number of amides is 1. The fourth-order valence-electron chi connectivity index (χ4n) is 2.85. The lowest BCUT2D eigenvalue weighted by Gasteiger charge is -2.05. The van der Waals surface area contributed by atoms with Crippen molar-refractivity contribution in [2.24, 2.45) is 0 Å². The van der Waals surface area contributed by atoms with Gasteiger partial charge in [-0.2, -0.15) is 5.26 Å². The number of H-pyrrole nitrogens is 1. The zero-order valence-electron chi connectivity index (χ0n) is 16.4. The molecule has 2 aromatic carbocycles. The van der Waals surface area contributed by atoms with Gasteiger partial charge in [0.1, 0.15) is 5.82 Å². The number of carbonyl (C=O) groups is 1. The summed E-state index contributed by atoms with van der Waals surface area (Å²) in [4.78, 5) is 19.3. The maximum Gasteiger partial charge on any atom is 0.407 e. The van der Waals surface area contributed by atoms with Crippen molar-refractivity contribution >= 4 is 6.09 Å². The Morgan fingerprint density at radius 3 is 2.41 bits per heavy atom. The van der Waals surface area contributed by atoms with Gasteiger partial charge in [0, 0.05) is 24.7 Å². The number of hydrogen-bond acceptors (Lipinski definition) is 4. The first-order valence-electron chi connectivity index (χ1n) is 9.75. The van der Waals surface area contributed by atoms with Crippen LogP contribution in [0.25, 0.3) is 22.4 Å². The van der Waals surface area contributed by atoms with Crippen LogP contribution in [0.15, 0.2) is 54.7 Å². The number of ether oxygens (including phenoxy) is 1. The molecule has 0 spiro atoms. The van der Waals surface area contributed by atoms with Crippen LogP contribution in [0.3, 0.4) is 0 Å². The minimum Gasteiger partial charge on any atom is -0.450 e. The van der Waals surface area contributed by atoms with Crippen LogP contribution in [0.5, 0.6) is 0 Å². The van der Waals surface area contributed by atoms with Crippen LogP contribution in [0.4, 0.5) is 4.79 Å². The van der Waals surface area contributed by atoms with Crippen molar-refractivity contribution in [1.29, 1.82) is 5.26 Å². The molecule has 6 nitrogen and oxygen atoms in total. The summed E-state index contributed by atoms with van der Waals surface area (Å²) in [7, 11) is 0. The minimum absolute atomic E-state index is 0.386. The average molecular weight is 388 g/mol. The van der Waals surface area contributed by atoms with Crippen molar-refractivity contribution in [3.63, 3.8) is 0 Å². The highest BCUT2D eigenvalue weighted by Gasteiger charge is 2.06. The van der Waals surface area contributed by atoms with E-state index in [2.05, 4.69) is 28.3 Å². The number of alkyl carbamates (subject to hydrolysis) is 1. The third-order valence-electron chi connectivity index (χ3n) is 4.52. The van der Waals surface area contributed by atoms with Crippen molar-refractivity contribution in [1.82, 2.24) is 15.3 Å². The average Bonchev–Trinajstić information content (AvgIpc) is 3.23. The van der Waals surface area contributed by atoms with Gasteiger partial charge in [-0.25, -0.2) is 9.78 Å². The third kappa shape index (κ3) is 5.69. The van der Waals surface area contributed by atoms with Crippen molar-refractivity contribution in [2.45, 2.75) is 26.2 Å². The Morgan fingerprint density at radius 2 is 1.76 bits per heavy atom. The molecule has 0 atom stereocenters. The third-order valence-corrected chi connectivity index (χ3v) is 4.52. The lowest BCUT2D eigenvalue weighted by atomic mass is 10.0. The predicted octanol–water partition coefficient (Wildman–Crippen LogP) is 4.68. The Morgan fingerprint density at radius 1 is 1.10 bits per heavy atom. The van der Waals surface area contributed by atoms with E-state index < -0.39 is 0 Å². The van der Waals surface area contributed by atoms with Crippen molar-refractivity contribution in [2.75, 3.05) is 13.2 Å². The first-order chi connectivity index (χ1) is 14.2. The summed E-state index contributed by atoms with van der Waals surface area (Å²) in [5.41, 5.74) is 4.67. The molecule has 1 heterocycles.